The zero-order chi connectivity index (χ0) is 29.1. The molecule has 2 aromatic heterocycles. The largest absolute Gasteiger partial charge is 0.490 e. The molecule has 3 aromatic rings. The van der Waals surface area contributed by atoms with Gasteiger partial charge in [0.25, 0.3) is 0 Å². The number of benzene rings is 1. The maximum Gasteiger partial charge on any atom is 0.490 e. The van der Waals surface area contributed by atoms with E-state index in [1.54, 1.807) is 42.7 Å². The highest BCUT2D eigenvalue weighted by Crippen LogP contribution is 2.21. The lowest BCUT2D eigenvalue weighted by Crippen LogP contribution is -2.37. The van der Waals surface area contributed by atoms with Gasteiger partial charge in [0.15, 0.2) is 0 Å². The van der Waals surface area contributed by atoms with Crippen molar-refractivity contribution in [3.8, 4) is 11.3 Å². The molecule has 0 unspecified atom stereocenters. The van der Waals surface area contributed by atoms with E-state index in [1.165, 1.54) is 12.1 Å². The lowest BCUT2D eigenvalue weighted by molar-refractivity contribution is -0.193. The Morgan fingerprint density at radius 1 is 0.921 bits per heavy atom. The summed E-state index contributed by atoms with van der Waals surface area (Å²) in [6.07, 6.45) is -6.60. The number of carboxylic acid groups (broad SMARTS) is 2. The summed E-state index contributed by atoms with van der Waals surface area (Å²) in [5.41, 5.74) is 8.06. The number of rotatable bonds is 5. The number of nitrogens with zero attached hydrogens (tertiary/aromatic N) is 2. The van der Waals surface area contributed by atoms with Gasteiger partial charge in [-0.1, -0.05) is 17.3 Å². The van der Waals surface area contributed by atoms with Crippen molar-refractivity contribution in [1.29, 1.82) is 0 Å². The molecule has 0 aliphatic rings. The van der Waals surface area contributed by atoms with E-state index in [0.29, 0.717) is 5.69 Å². The van der Waals surface area contributed by atoms with Crippen LogP contribution in [0, 0.1) is 5.82 Å². The Bertz CT molecular complexity index is 1180. The standard InChI is InChI=1S/C17H15FN4O2.2C2HF3O2/c18-13-3-1-11(2-4-13)9-14(19)17(23)21-16-10-15(22-24-16)12-5-7-20-8-6-12;2*3-2(4,5)1(6)7/h1-8,10,14H,9,19H2,(H,21,23);2*(H,6,7)/t14-;;/m0../s1. The summed E-state index contributed by atoms with van der Waals surface area (Å²) < 4.78 is 81.4. The zero-order valence-electron chi connectivity index (χ0n) is 18.6. The molecule has 10 nitrogen and oxygen atoms in total. The van der Waals surface area contributed by atoms with Crippen LogP contribution in [0.25, 0.3) is 11.3 Å². The average Bonchev–Trinajstić information content (AvgIpc) is 3.29. The van der Waals surface area contributed by atoms with Gasteiger partial charge in [0.2, 0.25) is 11.8 Å². The van der Waals surface area contributed by atoms with Crippen molar-refractivity contribution >= 4 is 23.7 Å². The van der Waals surface area contributed by atoms with Crippen LogP contribution in [0.15, 0.2) is 59.4 Å². The van der Waals surface area contributed by atoms with Crippen LogP contribution in [0.1, 0.15) is 5.56 Å². The minimum absolute atomic E-state index is 0.210. The maximum atomic E-state index is 12.9. The normalized spacial score (nSPS) is 11.7. The fourth-order valence-electron chi connectivity index (χ4n) is 2.17. The number of carbonyl (C=O) groups is 3. The van der Waals surface area contributed by atoms with E-state index in [1.807, 2.05) is 0 Å². The first kappa shape index (κ1) is 31.5. The summed E-state index contributed by atoms with van der Waals surface area (Å²) in [5, 5.41) is 20.7. The maximum absolute atomic E-state index is 12.9. The second kappa shape index (κ2) is 13.7. The molecule has 2 heterocycles. The Balaban J connectivity index is 0.000000426. The Labute approximate surface area is 207 Å². The number of aromatic nitrogens is 2. The number of pyridine rings is 1. The molecule has 3 rings (SSSR count). The smallest absolute Gasteiger partial charge is 0.475 e. The first-order valence-electron chi connectivity index (χ1n) is 9.79. The molecule has 1 amide bonds. The van der Waals surface area contributed by atoms with Crippen LogP contribution < -0.4 is 11.1 Å². The number of carboxylic acids is 2. The highest BCUT2D eigenvalue weighted by Gasteiger charge is 2.38. The highest BCUT2D eigenvalue weighted by atomic mass is 19.4. The van der Waals surface area contributed by atoms with Gasteiger partial charge in [-0.05, 0) is 36.2 Å². The summed E-state index contributed by atoms with van der Waals surface area (Å²) in [6, 6.07) is 10.2. The fourth-order valence-corrected chi connectivity index (χ4v) is 2.17. The van der Waals surface area contributed by atoms with E-state index >= 15 is 0 Å². The van der Waals surface area contributed by atoms with E-state index in [0.717, 1.165) is 11.1 Å². The molecule has 0 fully saturated rings. The quantitative estimate of drug-likeness (QED) is 0.344. The van der Waals surface area contributed by atoms with Gasteiger partial charge >= 0.3 is 24.3 Å². The first-order valence-corrected chi connectivity index (χ1v) is 9.79. The third-order valence-electron chi connectivity index (χ3n) is 3.92. The highest BCUT2D eigenvalue weighted by molar-refractivity contribution is 5.94. The molecule has 0 radical (unpaired) electrons. The molecule has 1 aromatic carbocycles. The third-order valence-corrected chi connectivity index (χ3v) is 3.92. The number of carbonyl (C=O) groups excluding carboxylic acids is 1. The number of nitrogens with one attached hydrogen (secondary N) is 1. The van der Waals surface area contributed by atoms with Crippen LogP contribution in [0.5, 0.6) is 0 Å². The summed E-state index contributed by atoms with van der Waals surface area (Å²) in [5.74, 6) is -6.04. The molecule has 38 heavy (non-hydrogen) atoms. The SMILES string of the molecule is N[C@@H](Cc1ccc(F)cc1)C(=O)Nc1cc(-c2ccncc2)no1.O=C(O)C(F)(F)F.O=C(O)C(F)(F)F. The molecular weight excluding hydrogens is 537 g/mol. The van der Waals surface area contributed by atoms with E-state index in [9.17, 15) is 35.5 Å². The van der Waals surface area contributed by atoms with Gasteiger partial charge in [-0.3, -0.25) is 15.1 Å². The van der Waals surface area contributed by atoms with Crippen molar-refractivity contribution in [1.82, 2.24) is 10.1 Å². The number of amides is 1. The lowest BCUT2D eigenvalue weighted by Gasteiger charge is -2.10. The van der Waals surface area contributed by atoms with Crippen molar-refractivity contribution in [2.45, 2.75) is 24.8 Å². The molecule has 17 heteroatoms. The molecular formula is C21H17F7N4O6. The van der Waals surface area contributed by atoms with E-state index < -0.39 is 36.2 Å². The van der Waals surface area contributed by atoms with Crippen LogP contribution in [-0.2, 0) is 20.8 Å². The Morgan fingerprint density at radius 2 is 1.39 bits per heavy atom. The fraction of sp³-hybridized carbons (Fsp3) is 0.190. The topological polar surface area (TPSA) is 169 Å². The monoisotopic (exact) mass is 554 g/mol. The summed E-state index contributed by atoms with van der Waals surface area (Å²) in [6.45, 7) is 0. The predicted molar refractivity (Wildman–Crippen MR) is 114 cm³/mol. The van der Waals surface area contributed by atoms with E-state index in [4.69, 9.17) is 30.1 Å². The molecule has 0 saturated heterocycles. The molecule has 0 bridgehead atoms. The van der Waals surface area contributed by atoms with E-state index in [-0.39, 0.29) is 18.1 Å². The summed E-state index contributed by atoms with van der Waals surface area (Å²) >= 11 is 0. The molecule has 1 atom stereocenters. The Morgan fingerprint density at radius 3 is 1.84 bits per heavy atom. The summed E-state index contributed by atoms with van der Waals surface area (Å²) in [7, 11) is 0. The Hall–Kier alpha value is -4.54. The van der Waals surface area contributed by atoms with Crippen LogP contribution in [0.4, 0.5) is 36.6 Å². The number of alkyl halides is 6. The minimum atomic E-state index is -5.08. The molecule has 206 valence electrons. The van der Waals surface area contributed by atoms with E-state index in [2.05, 4.69) is 15.5 Å². The van der Waals surface area contributed by atoms with Gasteiger partial charge in [-0.25, -0.2) is 14.0 Å². The van der Waals surface area contributed by atoms with Gasteiger partial charge in [0.05, 0.1) is 6.04 Å². The van der Waals surface area contributed by atoms with Crippen LogP contribution in [-0.4, -0.2) is 56.6 Å². The average molecular weight is 554 g/mol. The van der Waals surface area contributed by atoms with Crippen molar-refractivity contribution in [3.63, 3.8) is 0 Å². The molecule has 0 aliphatic carbocycles. The second-order valence-electron chi connectivity index (χ2n) is 6.84. The van der Waals surface area contributed by atoms with Crippen LogP contribution in [0.3, 0.4) is 0 Å². The third kappa shape index (κ3) is 11.5. The number of halogens is 7. The molecule has 0 saturated carbocycles. The predicted octanol–water partition coefficient (Wildman–Crippen LogP) is 3.65. The van der Waals surface area contributed by atoms with Gasteiger partial charge < -0.3 is 20.5 Å². The van der Waals surface area contributed by atoms with Crippen molar-refractivity contribution in [2.24, 2.45) is 5.73 Å². The number of nitrogens with two attached hydrogens (primary N) is 1. The lowest BCUT2D eigenvalue weighted by atomic mass is 10.1. The van der Waals surface area contributed by atoms with Gasteiger partial charge in [-0.15, -0.1) is 0 Å². The number of hydrogen-bond acceptors (Lipinski definition) is 7. The van der Waals surface area contributed by atoms with Gasteiger partial charge in [-0.2, -0.15) is 26.3 Å². The Kier molecular flexibility index (Phi) is 11.3. The van der Waals surface area contributed by atoms with Crippen LogP contribution >= 0.6 is 0 Å². The molecule has 0 spiro atoms. The second-order valence-corrected chi connectivity index (χ2v) is 6.84. The van der Waals surface area contributed by atoms with Gasteiger partial charge in [0, 0.05) is 24.0 Å². The van der Waals surface area contributed by atoms with Crippen molar-refractivity contribution < 1.29 is 59.9 Å². The van der Waals surface area contributed by atoms with Crippen molar-refractivity contribution in [2.75, 3.05) is 5.32 Å². The number of hydrogen-bond donors (Lipinski definition) is 4. The van der Waals surface area contributed by atoms with Crippen molar-refractivity contribution in [3.05, 3.63) is 66.2 Å². The zero-order valence-corrected chi connectivity index (χ0v) is 18.6. The number of aliphatic carboxylic acids is 2. The molecule has 0 aliphatic heterocycles. The molecule has 5 N–H and O–H groups in total. The van der Waals surface area contributed by atoms with Crippen LogP contribution in [0.2, 0.25) is 0 Å². The summed E-state index contributed by atoms with van der Waals surface area (Å²) in [4.78, 5) is 33.8. The first-order chi connectivity index (χ1) is 17.5. The minimum Gasteiger partial charge on any atom is -0.475 e. The number of anilines is 1. The van der Waals surface area contributed by atoms with Gasteiger partial charge in [0.1, 0.15) is 11.5 Å².